The van der Waals surface area contributed by atoms with E-state index in [0.29, 0.717) is 28.0 Å². The Labute approximate surface area is 156 Å². The summed E-state index contributed by atoms with van der Waals surface area (Å²) >= 11 is 6.16. The second-order valence-corrected chi connectivity index (χ2v) is 6.30. The Balaban J connectivity index is 1.71. The van der Waals surface area contributed by atoms with Crippen molar-refractivity contribution in [3.63, 3.8) is 0 Å². The molecule has 0 aliphatic rings. The highest BCUT2D eigenvalue weighted by molar-refractivity contribution is 6.33. The number of hydrogen-bond acceptors (Lipinski definition) is 4. The zero-order valence-corrected chi connectivity index (χ0v) is 15.2. The molecule has 0 saturated carbocycles. The number of carbonyl (C=O) groups is 1. The molecular weight excluding hydrogens is 352 g/mol. The highest BCUT2D eigenvalue weighted by Crippen LogP contribution is 2.28. The van der Waals surface area contributed by atoms with Gasteiger partial charge in [0.25, 0.3) is 5.89 Å². The topological polar surface area (TPSA) is 80.0 Å². The second kappa shape index (κ2) is 8.01. The quantitative estimate of drug-likeness (QED) is 0.664. The van der Waals surface area contributed by atoms with E-state index in [1.54, 1.807) is 18.2 Å². The van der Waals surface area contributed by atoms with Gasteiger partial charge in [-0.3, -0.25) is 0 Å². The Morgan fingerprint density at radius 2 is 1.92 bits per heavy atom. The van der Waals surface area contributed by atoms with Gasteiger partial charge in [-0.15, -0.1) is 0 Å². The van der Waals surface area contributed by atoms with E-state index in [-0.39, 0.29) is 12.1 Å². The second-order valence-electron chi connectivity index (χ2n) is 5.89. The van der Waals surface area contributed by atoms with Crippen LogP contribution in [0.25, 0.3) is 22.8 Å². The van der Waals surface area contributed by atoms with Crippen molar-refractivity contribution in [2.75, 3.05) is 5.32 Å². The van der Waals surface area contributed by atoms with Crippen LogP contribution in [-0.4, -0.2) is 22.2 Å². The van der Waals surface area contributed by atoms with E-state index in [4.69, 9.17) is 16.1 Å². The van der Waals surface area contributed by atoms with Crippen LogP contribution in [0, 0.1) is 0 Å². The van der Waals surface area contributed by atoms with Crippen LogP contribution < -0.4 is 10.6 Å². The fraction of sp³-hybridized carbons (Fsp3) is 0.211. The Bertz CT molecular complexity index is 893. The zero-order valence-electron chi connectivity index (χ0n) is 14.5. The molecule has 2 aromatic carbocycles. The summed E-state index contributed by atoms with van der Waals surface area (Å²) in [5.41, 5.74) is 2.15. The van der Waals surface area contributed by atoms with Gasteiger partial charge in [0.2, 0.25) is 5.82 Å². The largest absolute Gasteiger partial charge is 0.335 e. The summed E-state index contributed by atoms with van der Waals surface area (Å²) in [6.07, 6.45) is 0.873. The first-order valence-electron chi connectivity index (χ1n) is 8.33. The van der Waals surface area contributed by atoms with Crippen LogP contribution in [-0.2, 0) is 0 Å². The SMILES string of the molecule is CCC(C)NC(=O)Nc1ccc(-c2noc(-c3ccccc3Cl)n2)cc1. The first-order chi connectivity index (χ1) is 12.6. The number of nitrogens with zero attached hydrogens (tertiary/aromatic N) is 2. The van der Waals surface area contributed by atoms with Gasteiger partial charge < -0.3 is 15.2 Å². The van der Waals surface area contributed by atoms with Crippen molar-refractivity contribution in [1.82, 2.24) is 15.5 Å². The molecule has 0 fully saturated rings. The Morgan fingerprint density at radius 1 is 1.19 bits per heavy atom. The van der Waals surface area contributed by atoms with Crippen molar-refractivity contribution in [2.45, 2.75) is 26.3 Å². The van der Waals surface area contributed by atoms with Gasteiger partial charge in [-0.25, -0.2) is 4.79 Å². The van der Waals surface area contributed by atoms with Gasteiger partial charge in [-0.2, -0.15) is 4.98 Å². The molecule has 1 aromatic heterocycles. The van der Waals surface area contributed by atoms with Gasteiger partial charge in [0.05, 0.1) is 10.6 Å². The fourth-order valence-corrected chi connectivity index (χ4v) is 2.50. The fourth-order valence-electron chi connectivity index (χ4n) is 2.28. The summed E-state index contributed by atoms with van der Waals surface area (Å²) in [7, 11) is 0. The molecule has 1 heterocycles. The predicted molar refractivity (Wildman–Crippen MR) is 102 cm³/mol. The third-order valence-electron chi connectivity index (χ3n) is 3.92. The lowest BCUT2D eigenvalue weighted by Crippen LogP contribution is -2.35. The summed E-state index contributed by atoms with van der Waals surface area (Å²) < 4.78 is 5.31. The van der Waals surface area contributed by atoms with Gasteiger partial charge in [0.15, 0.2) is 0 Å². The summed E-state index contributed by atoms with van der Waals surface area (Å²) in [5.74, 6) is 0.816. The maximum absolute atomic E-state index is 11.9. The van der Waals surface area contributed by atoms with Crippen molar-refractivity contribution in [3.05, 3.63) is 53.6 Å². The van der Waals surface area contributed by atoms with Gasteiger partial charge in [0.1, 0.15) is 0 Å². The van der Waals surface area contributed by atoms with E-state index in [9.17, 15) is 4.79 Å². The predicted octanol–water partition coefficient (Wildman–Crippen LogP) is 4.98. The molecule has 0 aliphatic carbocycles. The lowest BCUT2D eigenvalue weighted by Gasteiger charge is -2.12. The van der Waals surface area contributed by atoms with Crippen molar-refractivity contribution >= 4 is 23.3 Å². The lowest BCUT2D eigenvalue weighted by atomic mass is 10.2. The molecule has 1 atom stereocenters. The van der Waals surface area contributed by atoms with E-state index in [1.807, 2.05) is 44.2 Å². The highest BCUT2D eigenvalue weighted by atomic mass is 35.5. The van der Waals surface area contributed by atoms with Crippen LogP contribution in [0.5, 0.6) is 0 Å². The summed E-state index contributed by atoms with van der Waals surface area (Å²) in [6.45, 7) is 3.97. The van der Waals surface area contributed by atoms with Crippen LogP contribution >= 0.6 is 11.6 Å². The number of anilines is 1. The Hall–Kier alpha value is -2.86. The van der Waals surface area contributed by atoms with Crippen LogP contribution in [0.3, 0.4) is 0 Å². The zero-order chi connectivity index (χ0) is 18.5. The molecule has 0 spiro atoms. The van der Waals surface area contributed by atoms with Crippen LogP contribution in [0.1, 0.15) is 20.3 Å². The van der Waals surface area contributed by atoms with Crippen molar-refractivity contribution in [3.8, 4) is 22.8 Å². The summed E-state index contributed by atoms with van der Waals surface area (Å²) in [5, 5.41) is 10.2. The average Bonchev–Trinajstić information content (AvgIpc) is 3.12. The van der Waals surface area contributed by atoms with E-state index in [2.05, 4.69) is 20.8 Å². The minimum Gasteiger partial charge on any atom is -0.335 e. The lowest BCUT2D eigenvalue weighted by molar-refractivity contribution is 0.249. The minimum atomic E-state index is -0.229. The molecule has 0 aliphatic heterocycles. The summed E-state index contributed by atoms with van der Waals surface area (Å²) in [6, 6.07) is 14.4. The molecule has 3 rings (SSSR count). The maximum atomic E-state index is 11.9. The molecule has 6 nitrogen and oxygen atoms in total. The van der Waals surface area contributed by atoms with E-state index >= 15 is 0 Å². The van der Waals surface area contributed by atoms with Crippen molar-refractivity contribution in [1.29, 1.82) is 0 Å². The van der Waals surface area contributed by atoms with Gasteiger partial charge in [0, 0.05) is 17.3 Å². The molecule has 2 N–H and O–H groups in total. The average molecular weight is 371 g/mol. The molecule has 7 heteroatoms. The van der Waals surface area contributed by atoms with Crippen molar-refractivity contribution < 1.29 is 9.32 Å². The molecule has 2 amide bonds. The number of urea groups is 1. The Kier molecular flexibility index (Phi) is 5.53. The van der Waals surface area contributed by atoms with E-state index in [0.717, 1.165) is 12.0 Å². The molecule has 0 saturated heterocycles. The number of nitrogens with one attached hydrogen (secondary N) is 2. The number of halogens is 1. The maximum Gasteiger partial charge on any atom is 0.319 e. The van der Waals surface area contributed by atoms with Gasteiger partial charge in [-0.05, 0) is 49.7 Å². The number of aromatic nitrogens is 2. The van der Waals surface area contributed by atoms with Crippen LogP contribution in [0.2, 0.25) is 5.02 Å². The summed E-state index contributed by atoms with van der Waals surface area (Å²) in [4.78, 5) is 16.2. The van der Waals surface area contributed by atoms with Crippen LogP contribution in [0.15, 0.2) is 53.1 Å². The Morgan fingerprint density at radius 3 is 2.62 bits per heavy atom. The highest BCUT2D eigenvalue weighted by Gasteiger charge is 2.13. The van der Waals surface area contributed by atoms with Crippen molar-refractivity contribution in [2.24, 2.45) is 0 Å². The van der Waals surface area contributed by atoms with E-state index in [1.165, 1.54) is 0 Å². The monoisotopic (exact) mass is 370 g/mol. The molecule has 1 unspecified atom stereocenters. The molecular formula is C19H19ClN4O2. The third-order valence-corrected chi connectivity index (χ3v) is 4.25. The molecule has 0 bridgehead atoms. The molecule has 134 valence electrons. The number of amides is 2. The minimum absolute atomic E-state index is 0.122. The third kappa shape index (κ3) is 4.21. The smallest absolute Gasteiger partial charge is 0.319 e. The first-order valence-corrected chi connectivity index (χ1v) is 8.71. The van der Waals surface area contributed by atoms with Crippen LogP contribution in [0.4, 0.5) is 10.5 Å². The number of carbonyl (C=O) groups excluding carboxylic acids is 1. The van der Waals surface area contributed by atoms with Gasteiger partial charge in [-0.1, -0.05) is 35.8 Å². The molecule has 0 radical (unpaired) electrons. The molecule has 3 aromatic rings. The van der Waals surface area contributed by atoms with E-state index < -0.39 is 0 Å². The first kappa shape index (κ1) is 17.9. The number of rotatable bonds is 5. The normalized spacial score (nSPS) is 11.8. The standard InChI is InChI=1S/C19H19ClN4O2/c1-3-12(2)21-19(25)22-14-10-8-13(9-11-14)17-23-18(26-24-17)15-6-4-5-7-16(15)20/h4-12H,3H2,1-2H3,(H2,21,22,25). The number of hydrogen-bond donors (Lipinski definition) is 2. The number of benzene rings is 2. The van der Waals surface area contributed by atoms with Gasteiger partial charge >= 0.3 is 6.03 Å². The molecule has 26 heavy (non-hydrogen) atoms.